The number of carbonyl (C=O) groups is 1. The highest BCUT2D eigenvalue weighted by Gasteiger charge is 2.25. The second kappa shape index (κ2) is 9.05. The highest BCUT2D eigenvalue weighted by molar-refractivity contribution is 7.20. The maximum Gasteiger partial charge on any atom is 0.348 e. The van der Waals surface area contributed by atoms with Gasteiger partial charge in [-0.15, -0.1) is 22.7 Å². The lowest BCUT2D eigenvalue weighted by molar-refractivity contribution is 0.0531. The van der Waals surface area contributed by atoms with E-state index in [-0.39, 0.29) is 11.5 Å². The first-order valence-corrected chi connectivity index (χ1v) is 12.9. The number of aryl methyl sites for hydroxylation is 3. The molecule has 0 aliphatic carbocycles. The third kappa shape index (κ3) is 3.97. The fraction of sp³-hybridized carbons (Fsp3) is 0.435. The Morgan fingerprint density at radius 3 is 2.56 bits per heavy atom. The molecule has 4 aromatic rings. The van der Waals surface area contributed by atoms with Crippen LogP contribution in [0.1, 0.15) is 38.4 Å². The summed E-state index contributed by atoms with van der Waals surface area (Å²) in [7, 11) is 0. The number of hydrogen-bond acceptors (Lipinski definition) is 10. The van der Waals surface area contributed by atoms with Crippen molar-refractivity contribution < 1.29 is 9.53 Å². The summed E-state index contributed by atoms with van der Waals surface area (Å²) in [5.74, 6) is 1.24. The number of rotatable bonds is 5. The average molecular weight is 499 g/mol. The minimum Gasteiger partial charge on any atom is -0.462 e. The van der Waals surface area contributed by atoms with E-state index in [1.807, 2.05) is 20.8 Å². The number of piperazine rings is 1. The molecule has 0 unspecified atom stereocenters. The second-order valence-electron chi connectivity index (χ2n) is 8.39. The third-order valence-corrected chi connectivity index (χ3v) is 8.58. The van der Waals surface area contributed by atoms with Crippen molar-refractivity contribution in [2.24, 2.45) is 0 Å². The first kappa shape index (κ1) is 22.9. The van der Waals surface area contributed by atoms with E-state index in [2.05, 4.69) is 24.8 Å². The fourth-order valence-corrected chi connectivity index (χ4v) is 6.47. The molecule has 1 fully saturated rings. The molecule has 0 aromatic carbocycles. The number of ether oxygens (including phenoxy) is 1. The van der Waals surface area contributed by atoms with Crippen molar-refractivity contribution in [3.05, 3.63) is 43.4 Å². The predicted octanol–water partition coefficient (Wildman–Crippen LogP) is 3.41. The number of carbonyl (C=O) groups excluding carboxylic acids is 1. The van der Waals surface area contributed by atoms with E-state index in [4.69, 9.17) is 9.72 Å². The van der Waals surface area contributed by atoms with E-state index < -0.39 is 0 Å². The van der Waals surface area contributed by atoms with Crippen LogP contribution in [0.5, 0.6) is 0 Å². The highest BCUT2D eigenvalue weighted by Crippen LogP contribution is 2.35. The standard InChI is InChI=1S/C23H26N6O3S2/c1-5-32-23(31)18-13(3)16-19(24-11-25-21(16)34-18)29-8-6-28(7-9-29)10-15-26-20(30)17-12(2)14(4)33-22(17)27-15/h11H,5-10H2,1-4H3,(H,26,27,30). The Hall–Kier alpha value is -2.89. The summed E-state index contributed by atoms with van der Waals surface area (Å²) >= 11 is 2.93. The summed E-state index contributed by atoms with van der Waals surface area (Å²) in [5, 5.41) is 1.63. The van der Waals surface area contributed by atoms with E-state index in [1.165, 1.54) is 11.3 Å². The maximum atomic E-state index is 12.6. The van der Waals surface area contributed by atoms with E-state index >= 15 is 0 Å². The molecule has 0 radical (unpaired) electrons. The number of aromatic nitrogens is 4. The molecule has 0 bridgehead atoms. The lowest BCUT2D eigenvalue weighted by Crippen LogP contribution is -2.46. The van der Waals surface area contributed by atoms with Gasteiger partial charge in [-0.3, -0.25) is 9.69 Å². The topological polar surface area (TPSA) is 104 Å². The van der Waals surface area contributed by atoms with Crippen molar-refractivity contribution in [1.29, 1.82) is 0 Å². The van der Waals surface area contributed by atoms with Crippen LogP contribution in [0.4, 0.5) is 5.82 Å². The molecule has 0 amide bonds. The monoisotopic (exact) mass is 498 g/mol. The van der Waals surface area contributed by atoms with Gasteiger partial charge in [0.25, 0.3) is 5.56 Å². The minimum absolute atomic E-state index is 0.0609. The molecule has 11 heteroatoms. The molecule has 1 N–H and O–H groups in total. The Kier molecular flexibility index (Phi) is 6.09. The van der Waals surface area contributed by atoms with Gasteiger partial charge in [-0.25, -0.2) is 19.7 Å². The number of hydrogen-bond donors (Lipinski definition) is 1. The summed E-state index contributed by atoms with van der Waals surface area (Å²) in [6, 6.07) is 0. The number of anilines is 1. The second-order valence-corrected chi connectivity index (χ2v) is 10.6. The first-order chi connectivity index (χ1) is 16.4. The van der Waals surface area contributed by atoms with Crippen LogP contribution in [0.15, 0.2) is 11.1 Å². The molecule has 5 rings (SSSR count). The first-order valence-electron chi connectivity index (χ1n) is 11.2. The van der Waals surface area contributed by atoms with Crippen molar-refractivity contribution >= 4 is 54.9 Å². The number of nitrogens with one attached hydrogen (secondary N) is 1. The van der Waals surface area contributed by atoms with Crippen LogP contribution in [0.25, 0.3) is 20.4 Å². The summed E-state index contributed by atoms with van der Waals surface area (Å²) in [6.45, 7) is 11.8. The van der Waals surface area contributed by atoms with Gasteiger partial charge in [0.1, 0.15) is 32.5 Å². The van der Waals surface area contributed by atoms with Crippen LogP contribution < -0.4 is 10.5 Å². The normalized spacial score (nSPS) is 14.9. The van der Waals surface area contributed by atoms with E-state index in [0.29, 0.717) is 29.2 Å². The molecule has 0 spiro atoms. The largest absolute Gasteiger partial charge is 0.462 e. The van der Waals surface area contributed by atoms with Gasteiger partial charge >= 0.3 is 5.97 Å². The van der Waals surface area contributed by atoms with E-state index in [1.54, 1.807) is 24.6 Å². The number of H-pyrrole nitrogens is 1. The Balaban J connectivity index is 1.33. The van der Waals surface area contributed by atoms with Crippen molar-refractivity contribution in [3.8, 4) is 0 Å². The Labute approximate surface area is 204 Å². The molecular weight excluding hydrogens is 472 g/mol. The highest BCUT2D eigenvalue weighted by atomic mass is 32.1. The molecule has 1 aliphatic heterocycles. The van der Waals surface area contributed by atoms with Gasteiger partial charge in [0.2, 0.25) is 0 Å². The zero-order valence-electron chi connectivity index (χ0n) is 19.6. The summed E-state index contributed by atoms with van der Waals surface area (Å²) in [4.78, 5) is 49.4. The molecule has 34 heavy (non-hydrogen) atoms. The molecule has 1 aliphatic rings. The molecule has 4 aromatic heterocycles. The van der Waals surface area contributed by atoms with Crippen LogP contribution in [0, 0.1) is 20.8 Å². The Morgan fingerprint density at radius 1 is 1.06 bits per heavy atom. The molecule has 0 saturated carbocycles. The molecule has 1 saturated heterocycles. The smallest absolute Gasteiger partial charge is 0.348 e. The number of aromatic amines is 1. The van der Waals surface area contributed by atoms with Crippen LogP contribution >= 0.6 is 22.7 Å². The van der Waals surface area contributed by atoms with Crippen LogP contribution in [-0.4, -0.2) is 63.6 Å². The minimum atomic E-state index is -0.312. The summed E-state index contributed by atoms with van der Waals surface area (Å²) in [6.07, 6.45) is 1.56. The molecule has 0 atom stereocenters. The van der Waals surface area contributed by atoms with Gasteiger partial charge in [0.05, 0.1) is 23.9 Å². The molecular formula is C23H26N6O3S2. The average Bonchev–Trinajstić information content (AvgIpc) is 3.30. The fourth-order valence-electron chi connectivity index (χ4n) is 4.39. The zero-order valence-corrected chi connectivity index (χ0v) is 21.2. The van der Waals surface area contributed by atoms with Gasteiger partial charge < -0.3 is 14.6 Å². The lowest BCUT2D eigenvalue weighted by atomic mass is 10.2. The number of thiophene rings is 2. The third-order valence-electron chi connectivity index (χ3n) is 6.30. The van der Waals surface area contributed by atoms with Gasteiger partial charge in [-0.05, 0) is 38.8 Å². The number of esters is 1. The van der Waals surface area contributed by atoms with Gasteiger partial charge in [-0.2, -0.15) is 0 Å². The van der Waals surface area contributed by atoms with Crippen molar-refractivity contribution in [2.45, 2.75) is 34.2 Å². The van der Waals surface area contributed by atoms with E-state index in [0.717, 1.165) is 63.0 Å². The predicted molar refractivity (Wildman–Crippen MR) is 135 cm³/mol. The van der Waals surface area contributed by atoms with Gasteiger partial charge in [0.15, 0.2) is 0 Å². The quantitative estimate of drug-likeness (QED) is 0.418. The molecule has 9 nitrogen and oxygen atoms in total. The molecule has 5 heterocycles. The SMILES string of the molecule is CCOC(=O)c1sc2ncnc(N3CCN(Cc4nc5sc(C)c(C)c5c(=O)[nH]4)CC3)c2c1C. The molecule has 178 valence electrons. The van der Waals surface area contributed by atoms with Gasteiger partial charge in [0, 0.05) is 31.1 Å². The summed E-state index contributed by atoms with van der Waals surface area (Å²) < 4.78 is 5.21. The van der Waals surface area contributed by atoms with E-state index in [9.17, 15) is 9.59 Å². The Bertz CT molecular complexity index is 1450. The maximum absolute atomic E-state index is 12.6. The van der Waals surface area contributed by atoms with Gasteiger partial charge in [-0.1, -0.05) is 0 Å². The van der Waals surface area contributed by atoms with Crippen molar-refractivity contribution in [3.63, 3.8) is 0 Å². The van der Waals surface area contributed by atoms with Crippen molar-refractivity contribution in [2.75, 3.05) is 37.7 Å². The van der Waals surface area contributed by atoms with Crippen LogP contribution in [0.2, 0.25) is 0 Å². The lowest BCUT2D eigenvalue weighted by Gasteiger charge is -2.35. The number of fused-ring (bicyclic) bond motifs is 2. The van der Waals surface area contributed by atoms with Crippen LogP contribution in [0.3, 0.4) is 0 Å². The van der Waals surface area contributed by atoms with Crippen molar-refractivity contribution in [1.82, 2.24) is 24.8 Å². The Morgan fingerprint density at radius 2 is 1.82 bits per heavy atom. The zero-order chi connectivity index (χ0) is 24.0. The summed E-state index contributed by atoms with van der Waals surface area (Å²) in [5.41, 5.74) is 1.82. The number of nitrogens with zero attached hydrogens (tertiary/aromatic N) is 5. The van der Waals surface area contributed by atoms with Crippen LogP contribution in [-0.2, 0) is 11.3 Å².